The number of likely N-dealkylation sites (tertiary alicyclic amines) is 1. The van der Waals surface area contributed by atoms with Gasteiger partial charge in [0, 0.05) is 31.6 Å². The minimum atomic E-state index is 0.695. The van der Waals surface area contributed by atoms with Crippen LogP contribution in [-0.2, 0) is 6.54 Å². The van der Waals surface area contributed by atoms with E-state index in [1.54, 1.807) is 5.56 Å². The predicted molar refractivity (Wildman–Crippen MR) is 82.8 cm³/mol. The van der Waals surface area contributed by atoms with Crippen LogP contribution in [0.3, 0.4) is 0 Å². The van der Waals surface area contributed by atoms with Crippen molar-refractivity contribution >= 4 is 0 Å². The summed E-state index contributed by atoms with van der Waals surface area (Å²) in [5, 5.41) is 3.61. The number of benzene rings is 1. The molecular formula is C18H26N2. The molecule has 0 bridgehead atoms. The quantitative estimate of drug-likeness (QED) is 0.888. The van der Waals surface area contributed by atoms with E-state index in [-0.39, 0.29) is 0 Å². The monoisotopic (exact) mass is 270 g/mol. The van der Waals surface area contributed by atoms with Crippen LogP contribution in [-0.4, -0.2) is 30.6 Å². The smallest absolute Gasteiger partial charge is 0.0208 e. The Labute approximate surface area is 122 Å². The van der Waals surface area contributed by atoms with Crippen LogP contribution < -0.4 is 5.32 Å². The maximum absolute atomic E-state index is 3.61. The van der Waals surface area contributed by atoms with E-state index < -0.39 is 0 Å². The molecule has 1 aromatic rings. The second kappa shape index (κ2) is 5.50. The van der Waals surface area contributed by atoms with Gasteiger partial charge >= 0.3 is 0 Å². The van der Waals surface area contributed by atoms with Gasteiger partial charge in [-0.05, 0) is 42.9 Å². The van der Waals surface area contributed by atoms with Crippen molar-refractivity contribution in [1.82, 2.24) is 10.2 Å². The van der Waals surface area contributed by atoms with Crippen molar-refractivity contribution in [2.45, 2.75) is 50.6 Å². The summed E-state index contributed by atoms with van der Waals surface area (Å²) >= 11 is 0. The van der Waals surface area contributed by atoms with Gasteiger partial charge in [-0.2, -0.15) is 0 Å². The first kappa shape index (κ1) is 12.8. The molecular weight excluding hydrogens is 244 g/mol. The van der Waals surface area contributed by atoms with Gasteiger partial charge in [-0.3, -0.25) is 4.90 Å². The molecule has 108 valence electrons. The highest BCUT2D eigenvalue weighted by molar-refractivity contribution is 5.33. The second-order valence-electron chi connectivity index (χ2n) is 6.92. The van der Waals surface area contributed by atoms with E-state index >= 15 is 0 Å². The molecule has 20 heavy (non-hydrogen) atoms. The molecule has 1 aliphatic carbocycles. The molecule has 0 spiro atoms. The Hall–Kier alpha value is -0.860. The van der Waals surface area contributed by atoms with Crippen molar-refractivity contribution in [2.75, 3.05) is 19.6 Å². The summed E-state index contributed by atoms with van der Waals surface area (Å²) < 4.78 is 0. The lowest BCUT2D eigenvalue weighted by Crippen LogP contribution is -2.41. The van der Waals surface area contributed by atoms with Crippen molar-refractivity contribution in [3.63, 3.8) is 0 Å². The Kier molecular flexibility index (Phi) is 3.53. The lowest BCUT2D eigenvalue weighted by Gasteiger charge is -2.36. The zero-order valence-corrected chi connectivity index (χ0v) is 12.4. The van der Waals surface area contributed by atoms with Crippen LogP contribution in [0, 0.1) is 5.92 Å². The average molecular weight is 270 g/mol. The maximum Gasteiger partial charge on any atom is 0.0208 e. The van der Waals surface area contributed by atoms with Gasteiger partial charge in [0.1, 0.15) is 0 Å². The molecule has 3 aliphatic rings. The van der Waals surface area contributed by atoms with Crippen molar-refractivity contribution < 1.29 is 0 Å². The van der Waals surface area contributed by atoms with Crippen LogP contribution >= 0.6 is 0 Å². The van der Waals surface area contributed by atoms with Crippen LogP contribution in [0.5, 0.6) is 0 Å². The Balaban J connectivity index is 1.50. The second-order valence-corrected chi connectivity index (χ2v) is 6.92. The van der Waals surface area contributed by atoms with Gasteiger partial charge in [0.25, 0.3) is 0 Å². The normalized spacial score (nSPS) is 33.7. The lowest BCUT2D eigenvalue weighted by atomic mass is 9.84. The topological polar surface area (TPSA) is 15.3 Å². The van der Waals surface area contributed by atoms with E-state index in [1.807, 2.05) is 0 Å². The number of nitrogens with zero attached hydrogens (tertiary/aromatic N) is 1. The van der Waals surface area contributed by atoms with Crippen LogP contribution in [0.15, 0.2) is 24.3 Å². The predicted octanol–water partition coefficient (Wildman–Crippen LogP) is 3.14. The van der Waals surface area contributed by atoms with Gasteiger partial charge in [0.15, 0.2) is 0 Å². The number of nitrogens with one attached hydrogen (secondary N) is 1. The Morgan fingerprint density at radius 1 is 1.10 bits per heavy atom. The number of hydrogen-bond acceptors (Lipinski definition) is 2. The fourth-order valence-electron chi connectivity index (χ4n) is 4.76. The van der Waals surface area contributed by atoms with Crippen molar-refractivity contribution in [3.05, 3.63) is 35.4 Å². The fraction of sp³-hybridized carbons (Fsp3) is 0.667. The van der Waals surface area contributed by atoms with E-state index in [9.17, 15) is 0 Å². The Morgan fingerprint density at radius 2 is 2.00 bits per heavy atom. The zero-order chi connectivity index (χ0) is 13.4. The molecule has 3 atom stereocenters. The summed E-state index contributed by atoms with van der Waals surface area (Å²) in [6, 6.07) is 9.94. The first-order valence-corrected chi connectivity index (χ1v) is 8.44. The van der Waals surface area contributed by atoms with Gasteiger partial charge in [-0.1, -0.05) is 37.1 Å². The fourth-order valence-corrected chi connectivity index (χ4v) is 4.76. The Bertz CT molecular complexity index is 470. The summed E-state index contributed by atoms with van der Waals surface area (Å²) in [6.07, 6.45) is 7.32. The molecule has 2 heteroatoms. The van der Waals surface area contributed by atoms with Gasteiger partial charge in [0.05, 0.1) is 0 Å². The highest BCUT2D eigenvalue weighted by Gasteiger charge is 2.36. The lowest BCUT2D eigenvalue weighted by molar-refractivity contribution is 0.171. The van der Waals surface area contributed by atoms with E-state index in [1.165, 1.54) is 50.8 Å². The van der Waals surface area contributed by atoms with Crippen molar-refractivity contribution in [3.8, 4) is 0 Å². The first-order valence-electron chi connectivity index (χ1n) is 8.44. The third-order valence-corrected chi connectivity index (χ3v) is 5.78. The van der Waals surface area contributed by atoms with E-state index in [4.69, 9.17) is 0 Å². The first-order chi connectivity index (χ1) is 9.92. The summed E-state index contributed by atoms with van der Waals surface area (Å²) in [6.45, 7) is 4.82. The van der Waals surface area contributed by atoms with Crippen LogP contribution in [0.25, 0.3) is 0 Å². The van der Waals surface area contributed by atoms with E-state index in [0.717, 1.165) is 25.0 Å². The molecule has 2 aliphatic heterocycles. The zero-order valence-electron chi connectivity index (χ0n) is 12.4. The third-order valence-electron chi connectivity index (χ3n) is 5.78. The molecule has 2 heterocycles. The van der Waals surface area contributed by atoms with Gasteiger partial charge < -0.3 is 5.32 Å². The minimum Gasteiger partial charge on any atom is -0.312 e. The molecule has 0 aromatic heterocycles. The molecule has 2 fully saturated rings. The summed E-state index contributed by atoms with van der Waals surface area (Å²) in [7, 11) is 0. The summed E-state index contributed by atoms with van der Waals surface area (Å²) in [5.41, 5.74) is 3.12. The SMILES string of the molecule is c1ccc2c(c1)CNCC2CN1CCC2CCCCC21. The molecule has 1 N–H and O–H groups in total. The number of rotatable bonds is 2. The maximum atomic E-state index is 3.61. The highest BCUT2D eigenvalue weighted by atomic mass is 15.2. The van der Waals surface area contributed by atoms with E-state index in [2.05, 4.69) is 34.5 Å². The largest absolute Gasteiger partial charge is 0.312 e. The van der Waals surface area contributed by atoms with E-state index in [0.29, 0.717) is 5.92 Å². The van der Waals surface area contributed by atoms with Crippen molar-refractivity contribution in [2.24, 2.45) is 5.92 Å². The average Bonchev–Trinajstić information content (AvgIpc) is 2.91. The molecule has 1 saturated heterocycles. The molecule has 1 saturated carbocycles. The third kappa shape index (κ3) is 2.29. The summed E-state index contributed by atoms with van der Waals surface area (Å²) in [5.74, 6) is 1.70. The highest BCUT2D eigenvalue weighted by Crippen LogP contribution is 2.37. The minimum absolute atomic E-state index is 0.695. The molecule has 0 amide bonds. The number of hydrogen-bond donors (Lipinski definition) is 1. The van der Waals surface area contributed by atoms with Gasteiger partial charge in [-0.15, -0.1) is 0 Å². The molecule has 4 rings (SSSR count). The molecule has 1 aromatic carbocycles. The summed E-state index contributed by atoms with van der Waals surface area (Å²) in [4.78, 5) is 2.82. The Morgan fingerprint density at radius 3 is 3.00 bits per heavy atom. The molecule has 0 radical (unpaired) electrons. The van der Waals surface area contributed by atoms with Crippen molar-refractivity contribution in [1.29, 1.82) is 0 Å². The van der Waals surface area contributed by atoms with Gasteiger partial charge in [0.2, 0.25) is 0 Å². The van der Waals surface area contributed by atoms with Crippen LogP contribution in [0.1, 0.15) is 49.1 Å². The van der Waals surface area contributed by atoms with Crippen LogP contribution in [0.4, 0.5) is 0 Å². The molecule has 2 nitrogen and oxygen atoms in total. The van der Waals surface area contributed by atoms with Gasteiger partial charge in [-0.25, -0.2) is 0 Å². The molecule has 3 unspecified atom stereocenters. The number of fused-ring (bicyclic) bond motifs is 2. The standard InChI is InChI=1S/C18H26N2/c1-3-7-17-15(6-1)11-19-12-16(17)13-20-10-9-14-5-2-4-8-18(14)20/h1,3,6-7,14,16,18-19H,2,4-5,8-13H2. The van der Waals surface area contributed by atoms with Crippen LogP contribution in [0.2, 0.25) is 0 Å².